The largest absolute Gasteiger partial charge is 0.309 e. The van der Waals surface area contributed by atoms with E-state index in [9.17, 15) is 5.26 Å². The highest BCUT2D eigenvalue weighted by molar-refractivity contribution is 7.25. The van der Waals surface area contributed by atoms with Gasteiger partial charge in [-0.3, -0.25) is 0 Å². The lowest BCUT2D eigenvalue weighted by molar-refractivity contribution is 1.18. The number of benzene rings is 5. The number of hydrogen-bond acceptors (Lipinski definition) is 2. The van der Waals surface area contributed by atoms with Crippen molar-refractivity contribution < 1.29 is 0 Å². The molecule has 2 heterocycles. The number of thiophene rings is 1. The van der Waals surface area contributed by atoms with E-state index in [1.807, 2.05) is 23.5 Å². The Kier molecular flexibility index (Phi) is 4.11. The molecule has 0 N–H and O–H groups in total. The van der Waals surface area contributed by atoms with Crippen molar-refractivity contribution in [2.24, 2.45) is 0 Å². The number of nitrogens with zero attached hydrogens (tertiary/aromatic N) is 2. The first-order chi connectivity index (χ1) is 16.8. The lowest BCUT2D eigenvalue weighted by atomic mass is 9.99. The molecule has 0 radical (unpaired) electrons. The van der Waals surface area contributed by atoms with E-state index in [-0.39, 0.29) is 0 Å². The van der Waals surface area contributed by atoms with Crippen LogP contribution in [0.4, 0.5) is 0 Å². The number of fused-ring (bicyclic) bond motifs is 6. The molecule has 0 saturated carbocycles. The fraction of sp³-hybridized carbons (Fsp3) is 0. The topological polar surface area (TPSA) is 28.7 Å². The van der Waals surface area contributed by atoms with Crippen LogP contribution in [0.1, 0.15) is 5.56 Å². The molecule has 2 nitrogen and oxygen atoms in total. The average molecular weight is 451 g/mol. The number of hydrogen-bond donors (Lipinski definition) is 0. The van der Waals surface area contributed by atoms with Crippen LogP contribution in [-0.2, 0) is 0 Å². The molecule has 0 fully saturated rings. The van der Waals surface area contributed by atoms with Crippen molar-refractivity contribution in [2.75, 3.05) is 0 Å². The Bertz CT molecular complexity index is 1880. The van der Waals surface area contributed by atoms with Crippen molar-refractivity contribution in [1.29, 1.82) is 5.26 Å². The summed E-state index contributed by atoms with van der Waals surface area (Å²) in [5.41, 5.74) is 6.24. The second kappa shape index (κ2) is 7.31. The van der Waals surface area contributed by atoms with Gasteiger partial charge in [-0.05, 0) is 54.1 Å². The third kappa shape index (κ3) is 2.73. The maximum absolute atomic E-state index is 9.70. The highest BCUT2D eigenvalue weighted by atomic mass is 32.1. The molecule has 0 atom stereocenters. The van der Waals surface area contributed by atoms with Gasteiger partial charge in [-0.2, -0.15) is 5.26 Å². The molecule has 0 aliphatic carbocycles. The van der Waals surface area contributed by atoms with Gasteiger partial charge in [0.2, 0.25) is 0 Å². The third-order valence-corrected chi connectivity index (χ3v) is 7.79. The normalized spacial score (nSPS) is 11.5. The summed E-state index contributed by atoms with van der Waals surface area (Å²) in [5.74, 6) is 0. The Balaban J connectivity index is 1.57. The average Bonchev–Trinajstić information content (AvgIpc) is 3.44. The van der Waals surface area contributed by atoms with Crippen LogP contribution in [0.3, 0.4) is 0 Å². The molecule has 158 valence electrons. The summed E-state index contributed by atoms with van der Waals surface area (Å²) in [6.07, 6.45) is 0. The molecule has 0 aliphatic rings. The molecule has 0 aliphatic heterocycles. The number of nitriles is 1. The van der Waals surface area contributed by atoms with Gasteiger partial charge in [-0.25, -0.2) is 0 Å². The molecular formula is C31H18N2S. The summed E-state index contributed by atoms with van der Waals surface area (Å²) in [6.45, 7) is 0. The van der Waals surface area contributed by atoms with Crippen LogP contribution in [0.15, 0.2) is 109 Å². The second-order valence-electron chi connectivity index (χ2n) is 8.52. The summed E-state index contributed by atoms with van der Waals surface area (Å²) in [7, 11) is 0. The predicted octanol–water partition coefficient (Wildman–Crippen LogP) is 8.69. The van der Waals surface area contributed by atoms with Crippen molar-refractivity contribution in [2.45, 2.75) is 0 Å². The molecule has 34 heavy (non-hydrogen) atoms. The van der Waals surface area contributed by atoms with Crippen LogP contribution in [-0.4, -0.2) is 4.57 Å². The van der Waals surface area contributed by atoms with Crippen LogP contribution in [0.25, 0.3) is 58.8 Å². The minimum absolute atomic E-state index is 0.662. The molecule has 0 bridgehead atoms. The third-order valence-electron chi connectivity index (χ3n) is 6.63. The van der Waals surface area contributed by atoms with Crippen LogP contribution in [0, 0.1) is 11.3 Å². The second-order valence-corrected chi connectivity index (χ2v) is 9.61. The highest BCUT2D eigenvalue weighted by Gasteiger charge is 2.16. The highest BCUT2D eigenvalue weighted by Crippen LogP contribution is 2.40. The van der Waals surface area contributed by atoms with E-state index in [1.165, 1.54) is 30.9 Å². The van der Waals surface area contributed by atoms with Crippen LogP contribution in [0.2, 0.25) is 0 Å². The summed E-state index contributed by atoms with van der Waals surface area (Å²) < 4.78 is 4.90. The number of rotatable bonds is 2. The van der Waals surface area contributed by atoms with Gasteiger partial charge in [0, 0.05) is 36.5 Å². The van der Waals surface area contributed by atoms with Gasteiger partial charge in [0.25, 0.3) is 0 Å². The lowest BCUT2D eigenvalue weighted by Gasteiger charge is -2.15. The van der Waals surface area contributed by atoms with E-state index in [1.54, 1.807) is 0 Å². The van der Waals surface area contributed by atoms with E-state index in [4.69, 9.17) is 0 Å². The van der Waals surface area contributed by atoms with E-state index in [2.05, 4.69) is 108 Å². The SMILES string of the molecule is N#Cc1ccc(-n2c3ccccc3c3ccccc32)c(-c2ccc3sc4ccccc4c3c2)c1. The molecule has 2 aromatic heterocycles. The van der Waals surface area contributed by atoms with Crippen molar-refractivity contribution in [3.63, 3.8) is 0 Å². The minimum atomic E-state index is 0.662. The number of para-hydroxylation sites is 2. The minimum Gasteiger partial charge on any atom is -0.309 e. The van der Waals surface area contributed by atoms with Gasteiger partial charge in [0.05, 0.1) is 28.4 Å². The monoisotopic (exact) mass is 450 g/mol. The molecule has 0 saturated heterocycles. The summed E-state index contributed by atoms with van der Waals surface area (Å²) in [4.78, 5) is 0. The Morgan fingerprint density at radius 3 is 1.97 bits per heavy atom. The molecule has 0 amide bonds. The molecular weight excluding hydrogens is 432 g/mol. The summed E-state index contributed by atoms with van der Waals surface area (Å²) in [6, 6.07) is 40.7. The predicted molar refractivity (Wildman–Crippen MR) is 144 cm³/mol. The smallest absolute Gasteiger partial charge is 0.0991 e. The van der Waals surface area contributed by atoms with E-state index in [0.29, 0.717) is 5.56 Å². The van der Waals surface area contributed by atoms with E-state index in [0.717, 1.165) is 27.8 Å². The first-order valence-electron chi connectivity index (χ1n) is 11.3. The molecule has 3 heteroatoms. The van der Waals surface area contributed by atoms with Crippen molar-refractivity contribution >= 4 is 53.3 Å². The lowest BCUT2D eigenvalue weighted by Crippen LogP contribution is -1.98. The zero-order valence-electron chi connectivity index (χ0n) is 18.2. The van der Waals surface area contributed by atoms with Crippen molar-refractivity contribution in [1.82, 2.24) is 4.57 Å². The van der Waals surface area contributed by atoms with Gasteiger partial charge >= 0.3 is 0 Å². The summed E-state index contributed by atoms with van der Waals surface area (Å²) in [5, 5.41) is 14.7. The molecule has 7 rings (SSSR count). The quantitative estimate of drug-likeness (QED) is 0.259. The Hall–Kier alpha value is -4.39. The van der Waals surface area contributed by atoms with Gasteiger partial charge in [0.15, 0.2) is 0 Å². The first-order valence-corrected chi connectivity index (χ1v) is 12.1. The van der Waals surface area contributed by atoms with Crippen LogP contribution in [0.5, 0.6) is 0 Å². The molecule has 0 spiro atoms. The fourth-order valence-electron chi connectivity index (χ4n) is 5.11. The van der Waals surface area contributed by atoms with Crippen LogP contribution < -0.4 is 0 Å². The molecule has 5 aromatic carbocycles. The maximum Gasteiger partial charge on any atom is 0.0991 e. The zero-order chi connectivity index (χ0) is 22.6. The Morgan fingerprint density at radius 1 is 0.588 bits per heavy atom. The van der Waals surface area contributed by atoms with Crippen LogP contribution >= 0.6 is 11.3 Å². The fourth-order valence-corrected chi connectivity index (χ4v) is 6.19. The molecule has 0 unspecified atom stereocenters. The standard InChI is InChI=1S/C31H18N2S/c32-19-20-13-15-29(33-27-10-4-1-7-22(27)23-8-2-5-11-28(23)33)25(17-20)21-14-16-31-26(18-21)24-9-3-6-12-30(24)34-31/h1-18H. The zero-order valence-corrected chi connectivity index (χ0v) is 19.0. The van der Waals surface area contributed by atoms with Gasteiger partial charge < -0.3 is 4.57 Å². The first kappa shape index (κ1) is 19.1. The summed E-state index contributed by atoms with van der Waals surface area (Å²) >= 11 is 1.82. The van der Waals surface area contributed by atoms with Gasteiger partial charge in [0.1, 0.15) is 0 Å². The Morgan fingerprint density at radius 2 is 1.24 bits per heavy atom. The van der Waals surface area contributed by atoms with Gasteiger partial charge in [-0.1, -0.05) is 60.7 Å². The van der Waals surface area contributed by atoms with Crippen molar-refractivity contribution in [3.05, 3.63) is 115 Å². The van der Waals surface area contributed by atoms with E-state index >= 15 is 0 Å². The van der Waals surface area contributed by atoms with Crippen molar-refractivity contribution in [3.8, 4) is 22.9 Å². The Labute approximate surface area is 200 Å². The van der Waals surface area contributed by atoms with Gasteiger partial charge in [-0.15, -0.1) is 11.3 Å². The maximum atomic E-state index is 9.70. The number of aromatic nitrogens is 1. The molecule has 7 aromatic rings. The van der Waals surface area contributed by atoms with E-state index < -0.39 is 0 Å².